The molecule has 1 heterocycles. The van der Waals surface area contributed by atoms with Gasteiger partial charge in [0.15, 0.2) is 0 Å². The molecule has 1 atom stereocenters. The third-order valence-corrected chi connectivity index (χ3v) is 4.02. The maximum Gasteiger partial charge on any atom is 0.337 e. The molecular formula is C19H18N2O5. The normalized spacial score (nSPS) is 16.1. The predicted octanol–water partition coefficient (Wildman–Crippen LogP) is 2.75. The highest BCUT2D eigenvalue weighted by molar-refractivity contribution is 6.08. The number of anilines is 2. The molecule has 134 valence electrons. The number of rotatable bonds is 5. The van der Waals surface area contributed by atoms with Crippen molar-refractivity contribution < 1.29 is 24.2 Å². The number of aromatic carboxylic acids is 1. The largest absolute Gasteiger partial charge is 0.478 e. The van der Waals surface area contributed by atoms with Gasteiger partial charge in [0.1, 0.15) is 6.10 Å². The number of carboxylic acid groups (broad SMARTS) is 1. The number of carboxylic acids is 1. The molecule has 2 amide bonds. The van der Waals surface area contributed by atoms with E-state index < -0.39 is 18.0 Å². The van der Waals surface area contributed by atoms with Crippen molar-refractivity contribution in [3.8, 4) is 0 Å². The molecule has 2 aromatic rings. The summed E-state index contributed by atoms with van der Waals surface area (Å²) in [5.74, 6) is -1.83. The minimum atomic E-state index is -1.13. The fourth-order valence-electron chi connectivity index (χ4n) is 2.72. The topological polar surface area (TPSA) is 105 Å². The number of ether oxygens (including phenoxy) is 1. The van der Waals surface area contributed by atoms with Gasteiger partial charge in [-0.1, -0.05) is 18.2 Å². The lowest BCUT2D eigenvalue weighted by atomic mass is 10.1. The average molecular weight is 354 g/mol. The minimum absolute atomic E-state index is 0.00342. The van der Waals surface area contributed by atoms with Crippen LogP contribution in [0.1, 0.15) is 33.6 Å². The second-order valence-corrected chi connectivity index (χ2v) is 5.88. The van der Waals surface area contributed by atoms with E-state index in [9.17, 15) is 19.5 Å². The molecule has 3 N–H and O–H groups in total. The Balaban J connectivity index is 1.72. The maximum absolute atomic E-state index is 12.4. The summed E-state index contributed by atoms with van der Waals surface area (Å²) in [5.41, 5.74) is 0.988. The van der Waals surface area contributed by atoms with Gasteiger partial charge in [-0.3, -0.25) is 9.59 Å². The van der Waals surface area contributed by atoms with Crippen molar-refractivity contribution in [2.75, 3.05) is 17.2 Å². The molecule has 0 spiro atoms. The van der Waals surface area contributed by atoms with Gasteiger partial charge in [-0.05, 0) is 43.2 Å². The van der Waals surface area contributed by atoms with Crippen LogP contribution in [-0.4, -0.2) is 35.6 Å². The fourth-order valence-corrected chi connectivity index (χ4v) is 2.72. The number of carbonyl (C=O) groups is 3. The van der Waals surface area contributed by atoms with Crippen LogP contribution in [0.15, 0.2) is 48.5 Å². The third kappa shape index (κ3) is 4.07. The van der Waals surface area contributed by atoms with Gasteiger partial charge >= 0.3 is 5.97 Å². The molecule has 1 aliphatic heterocycles. The highest BCUT2D eigenvalue weighted by atomic mass is 16.5. The lowest BCUT2D eigenvalue weighted by Crippen LogP contribution is -2.27. The van der Waals surface area contributed by atoms with Crippen LogP contribution in [0.5, 0.6) is 0 Å². The molecule has 1 aliphatic rings. The van der Waals surface area contributed by atoms with Gasteiger partial charge in [-0.25, -0.2) is 4.79 Å². The lowest BCUT2D eigenvalue weighted by Gasteiger charge is -2.12. The molecule has 0 bridgehead atoms. The van der Waals surface area contributed by atoms with Gasteiger partial charge < -0.3 is 20.5 Å². The smallest absolute Gasteiger partial charge is 0.337 e. The van der Waals surface area contributed by atoms with Gasteiger partial charge in [0, 0.05) is 17.9 Å². The zero-order chi connectivity index (χ0) is 18.5. The zero-order valence-electron chi connectivity index (χ0n) is 13.9. The van der Waals surface area contributed by atoms with Crippen molar-refractivity contribution in [1.29, 1.82) is 0 Å². The molecule has 7 nitrogen and oxygen atoms in total. The van der Waals surface area contributed by atoms with Crippen LogP contribution in [0.2, 0.25) is 0 Å². The van der Waals surface area contributed by atoms with Crippen LogP contribution < -0.4 is 10.6 Å². The van der Waals surface area contributed by atoms with Gasteiger partial charge in [-0.15, -0.1) is 0 Å². The van der Waals surface area contributed by atoms with Crippen LogP contribution in [0.25, 0.3) is 0 Å². The van der Waals surface area contributed by atoms with E-state index in [1.54, 1.807) is 30.3 Å². The Bertz CT molecular complexity index is 843. The third-order valence-electron chi connectivity index (χ3n) is 4.02. The number of para-hydroxylation sites is 1. The van der Waals surface area contributed by atoms with Crippen LogP contribution in [0.3, 0.4) is 0 Å². The Hall–Kier alpha value is -3.19. The Morgan fingerprint density at radius 3 is 2.58 bits per heavy atom. The van der Waals surface area contributed by atoms with E-state index >= 15 is 0 Å². The molecule has 0 radical (unpaired) electrons. The monoisotopic (exact) mass is 354 g/mol. The first-order chi connectivity index (χ1) is 12.5. The first-order valence-electron chi connectivity index (χ1n) is 8.21. The summed E-state index contributed by atoms with van der Waals surface area (Å²) in [4.78, 5) is 35.8. The van der Waals surface area contributed by atoms with Crippen molar-refractivity contribution >= 4 is 29.2 Å². The second-order valence-electron chi connectivity index (χ2n) is 5.88. The first kappa shape index (κ1) is 17.6. The highest BCUT2D eigenvalue weighted by Crippen LogP contribution is 2.19. The molecule has 0 aromatic heterocycles. The molecule has 1 saturated heterocycles. The van der Waals surface area contributed by atoms with E-state index in [0.29, 0.717) is 24.3 Å². The quantitative estimate of drug-likeness (QED) is 0.766. The Morgan fingerprint density at radius 2 is 1.85 bits per heavy atom. The number of nitrogens with one attached hydrogen (secondary N) is 2. The minimum Gasteiger partial charge on any atom is -0.478 e. The average Bonchev–Trinajstić information content (AvgIpc) is 3.17. The van der Waals surface area contributed by atoms with Crippen LogP contribution in [0.4, 0.5) is 11.4 Å². The van der Waals surface area contributed by atoms with Crippen molar-refractivity contribution in [3.05, 3.63) is 59.7 Å². The molecule has 3 rings (SSSR count). The zero-order valence-corrected chi connectivity index (χ0v) is 13.9. The van der Waals surface area contributed by atoms with E-state index in [1.165, 1.54) is 18.2 Å². The standard InChI is InChI=1S/C19H18N2O5/c22-17(21-15-8-2-1-7-14(15)19(24)25)12-5-3-6-13(11-12)20-18(23)16-9-4-10-26-16/h1-3,5-8,11,16H,4,9-10H2,(H,20,23)(H,21,22)(H,24,25)/t16-/m0/s1. The maximum atomic E-state index is 12.4. The predicted molar refractivity (Wildman–Crippen MR) is 95.4 cm³/mol. The van der Waals surface area contributed by atoms with Crippen LogP contribution in [-0.2, 0) is 9.53 Å². The summed E-state index contributed by atoms with van der Waals surface area (Å²) in [5, 5.41) is 14.5. The van der Waals surface area contributed by atoms with Crippen molar-refractivity contribution in [1.82, 2.24) is 0 Å². The van der Waals surface area contributed by atoms with E-state index in [2.05, 4.69) is 10.6 Å². The molecule has 0 unspecified atom stereocenters. The van der Waals surface area contributed by atoms with E-state index in [-0.39, 0.29) is 17.2 Å². The van der Waals surface area contributed by atoms with Crippen molar-refractivity contribution in [2.24, 2.45) is 0 Å². The van der Waals surface area contributed by atoms with E-state index in [4.69, 9.17) is 4.74 Å². The first-order valence-corrected chi connectivity index (χ1v) is 8.21. The summed E-state index contributed by atoms with van der Waals surface area (Å²) in [7, 11) is 0. The number of amides is 2. The number of benzene rings is 2. The number of hydrogen-bond acceptors (Lipinski definition) is 4. The SMILES string of the molecule is O=C(Nc1ccccc1C(=O)O)c1cccc(NC(=O)[C@@H]2CCCO2)c1. The summed E-state index contributed by atoms with van der Waals surface area (Å²) < 4.78 is 5.33. The summed E-state index contributed by atoms with van der Waals surface area (Å²) in [6, 6.07) is 12.6. The van der Waals surface area contributed by atoms with Gasteiger partial charge in [0.25, 0.3) is 11.8 Å². The lowest BCUT2D eigenvalue weighted by molar-refractivity contribution is -0.124. The molecule has 7 heteroatoms. The van der Waals surface area contributed by atoms with Crippen molar-refractivity contribution in [3.63, 3.8) is 0 Å². The van der Waals surface area contributed by atoms with Gasteiger partial charge in [-0.2, -0.15) is 0 Å². The molecule has 2 aromatic carbocycles. The molecule has 0 saturated carbocycles. The number of carbonyl (C=O) groups excluding carboxylic acids is 2. The van der Waals surface area contributed by atoms with E-state index in [1.807, 2.05) is 0 Å². The van der Waals surface area contributed by atoms with Crippen molar-refractivity contribution in [2.45, 2.75) is 18.9 Å². The Labute approximate surface area is 150 Å². The molecular weight excluding hydrogens is 336 g/mol. The van der Waals surface area contributed by atoms with Crippen LogP contribution >= 0.6 is 0 Å². The summed E-state index contributed by atoms with van der Waals surface area (Å²) in [6.45, 7) is 0.573. The Kier molecular flexibility index (Phi) is 5.28. The van der Waals surface area contributed by atoms with E-state index in [0.717, 1.165) is 6.42 Å². The number of hydrogen-bond donors (Lipinski definition) is 3. The second kappa shape index (κ2) is 7.79. The van der Waals surface area contributed by atoms with Gasteiger partial charge in [0.2, 0.25) is 0 Å². The highest BCUT2D eigenvalue weighted by Gasteiger charge is 2.23. The molecule has 26 heavy (non-hydrogen) atoms. The fraction of sp³-hybridized carbons (Fsp3) is 0.211. The summed E-state index contributed by atoms with van der Waals surface area (Å²) >= 11 is 0. The van der Waals surface area contributed by atoms with Crippen LogP contribution in [0, 0.1) is 0 Å². The summed E-state index contributed by atoms with van der Waals surface area (Å²) in [6.07, 6.45) is 1.07. The molecule has 1 fully saturated rings. The molecule has 0 aliphatic carbocycles. The van der Waals surface area contributed by atoms with Gasteiger partial charge in [0.05, 0.1) is 11.3 Å². The Morgan fingerprint density at radius 1 is 1.04 bits per heavy atom.